The average molecular weight is 356 g/mol. The summed E-state index contributed by atoms with van der Waals surface area (Å²) in [6.07, 6.45) is 0. The molecule has 0 amide bonds. The molecule has 0 heterocycles. The highest BCUT2D eigenvalue weighted by Crippen LogP contribution is 2.29. The topological polar surface area (TPSA) is 55.2 Å². The minimum absolute atomic E-state index is 0.0220. The van der Waals surface area contributed by atoms with Crippen molar-refractivity contribution in [3.8, 4) is 0 Å². The number of nitro groups is 1. The summed E-state index contributed by atoms with van der Waals surface area (Å²) in [6, 6.07) is 10.6. The van der Waals surface area contributed by atoms with Crippen LogP contribution in [0.1, 0.15) is 11.1 Å². The van der Waals surface area contributed by atoms with Gasteiger partial charge in [0.25, 0.3) is 5.69 Å². The molecule has 2 rings (SSSR count). The van der Waals surface area contributed by atoms with Gasteiger partial charge >= 0.3 is 0 Å². The van der Waals surface area contributed by atoms with Crippen molar-refractivity contribution in [1.29, 1.82) is 0 Å². The van der Waals surface area contributed by atoms with E-state index < -0.39 is 4.92 Å². The summed E-state index contributed by atoms with van der Waals surface area (Å²) in [6.45, 7) is 2.27. The molecule has 104 valence electrons. The zero-order valence-electron chi connectivity index (χ0n) is 10.7. The Labute approximate surface area is 130 Å². The molecular formula is C14H12BrClN2O2. The van der Waals surface area contributed by atoms with Crippen LogP contribution >= 0.6 is 27.5 Å². The van der Waals surface area contributed by atoms with Crippen LogP contribution in [-0.4, -0.2) is 4.92 Å². The molecule has 0 atom stereocenters. The van der Waals surface area contributed by atoms with Crippen LogP contribution in [0, 0.1) is 17.0 Å². The van der Waals surface area contributed by atoms with Gasteiger partial charge < -0.3 is 5.32 Å². The van der Waals surface area contributed by atoms with Crippen molar-refractivity contribution in [2.24, 2.45) is 0 Å². The third-order valence-electron chi connectivity index (χ3n) is 2.87. The summed E-state index contributed by atoms with van der Waals surface area (Å²) in [4.78, 5) is 10.6. The molecule has 0 aromatic heterocycles. The highest BCUT2D eigenvalue weighted by atomic mass is 79.9. The Morgan fingerprint density at radius 1 is 1.35 bits per heavy atom. The van der Waals surface area contributed by atoms with Crippen molar-refractivity contribution in [2.45, 2.75) is 13.5 Å². The van der Waals surface area contributed by atoms with Gasteiger partial charge in [0, 0.05) is 22.8 Å². The lowest BCUT2D eigenvalue weighted by Gasteiger charge is -2.11. The quantitative estimate of drug-likeness (QED) is 0.625. The molecule has 0 saturated carbocycles. The summed E-state index contributed by atoms with van der Waals surface area (Å²) >= 11 is 9.50. The van der Waals surface area contributed by atoms with E-state index in [9.17, 15) is 10.1 Å². The van der Waals surface area contributed by atoms with Gasteiger partial charge in [-0.25, -0.2) is 0 Å². The van der Waals surface area contributed by atoms with Gasteiger partial charge in [-0.1, -0.05) is 23.7 Å². The second kappa shape index (κ2) is 6.24. The molecule has 0 spiro atoms. The van der Waals surface area contributed by atoms with Crippen molar-refractivity contribution < 1.29 is 4.92 Å². The second-order valence-corrected chi connectivity index (χ2v) is 5.59. The van der Waals surface area contributed by atoms with E-state index in [4.69, 9.17) is 11.6 Å². The molecule has 0 radical (unpaired) electrons. The van der Waals surface area contributed by atoms with Crippen LogP contribution in [0.3, 0.4) is 0 Å². The number of hydrogen-bond acceptors (Lipinski definition) is 3. The number of benzene rings is 2. The zero-order valence-corrected chi connectivity index (χ0v) is 13.0. The normalized spacial score (nSPS) is 10.3. The zero-order chi connectivity index (χ0) is 14.7. The average Bonchev–Trinajstić information content (AvgIpc) is 2.40. The van der Waals surface area contributed by atoms with Crippen LogP contribution in [0.5, 0.6) is 0 Å². The Kier molecular flexibility index (Phi) is 4.62. The predicted molar refractivity (Wildman–Crippen MR) is 84.3 cm³/mol. The molecule has 6 heteroatoms. The molecule has 0 bridgehead atoms. The summed E-state index contributed by atoms with van der Waals surface area (Å²) in [5.41, 5.74) is 2.48. The van der Waals surface area contributed by atoms with E-state index in [2.05, 4.69) is 21.2 Å². The van der Waals surface area contributed by atoms with Gasteiger partial charge in [0.15, 0.2) is 0 Å². The lowest BCUT2D eigenvalue weighted by atomic mass is 10.1. The maximum atomic E-state index is 11.0. The summed E-state index contributed by atoms with van der Waals surface area (Å²) in [5.74, 6) is 0. The second-order valence-electron chi connectivity index (χ2n) is 4.33. The van der Waals surface area contributed by atoms with E-state index in [1.54, 1.807) is 12.1 Å². The van der Waals surface area contributed by atoms with Gasteiger partial charge in [0.05, 0.1) is 15.5 Å². The van der Waals surface area contributed by atoms with Crippen LogP contribution in [0.4, 0.5) is 11.4 Å². The number of rotatable bonds is 4. The third-order valence-corrected chi connectivity index (χ3v) is 3.91. The summed E-state index contributed by atoms with van der Waals surface area (Å²) in [5, 5.41) is 14.6. The number of anilines is 1. The molecule has 2 aromatic carbocycles. The standard InChI is InChI=1S/C14H12BrClN2O2/c1-9-5-6-11(15)13(7-9)17-8-10-12(16)3-2-4-14(10)18(19)20/h2-7,17H,8H2,1H3. The fourth-order valence-corrected chi connectivity index (χ4v) is 2.47. The molecule has 0 fully saturated rings. The highest BCUT2D eigenvalue weighted by molar-refractivity contribution is 9.10. The van der Waals surface area contributed by atoms with Crippen LogP contribution in [0.25, 0.3) is 0 Å². The van der Waals surface area contributed by atoms with Gasteiger partial charge in [0.1, 0.15) is 0 Å². The van der Waals surface area contributed by atoms with Crippen molar-refractivity contribution >= 4 is 38.9 Å². The molecule has 0 aliphatic rings. The van der Waals surface area contributed by atoms with Gasteiger partial charge in [-0.15, -0.1) is 0 Å². The van der Waals surface area contributed by atoms with E-state index in [1.165, 1.54) is 6.07 Å². The molecule has 0 unspecified atom stereocenters. The minimum atomic E-state index is -0.422. The van der Waals surface area contributed by atoms with Crippen molar-refractivity contribution in [2.75, 3.05) is 5.32 Å². The molecule has 0 saturated heterocycles. The molecule has 0 aliphatic heterocycles. The lowest BCUT2D eigenvalue weighted by Crippen LogP contribution is -2.04. The van der Waals surface area contributed by atoms with Crippen LogP contribution in [0.2, 0.25) is 5.02 Å². The van der Waals surface area contributed by atoms with Crippen molar-refractivity contribution in [3.05, 3.63) is 67.1 Å². The maximum Gasteiger partial charge on any atom is 0.275 e. The van der Waals surface area contributed by atoms with E-state index in [0.717, 1.165) is 15.7 Å². The van der Waals surface area contributed by atoms with E-state index in [1.807, 2.05) is 25.1 Å². The first kappa shape index (κ1) is 14.8. The Morgan fingerprint density at radius 3 is 2.80 bits per heavy atom. The summed E-state index contributed by atoms with van der Waals surface area (Å²) in [7, 11) is 0. The number of halogens is 2. The van der Waals surface area contributed by atoms with Crippen molar-refractivity contribution in [1.82, 2.24) is 0 Å². The Hall–Kier alpha value is -1.59. The Morgan fingerprint density at radius 2 is 2.10 bits per heavy atom. The lowest BCUT2D eigenvalue weighted by molar-refractivity contribution is -0.385. The van der Waals surface area contributed by atoms with Gasteiger partial charge in [-0.2, -0.15) is 0 Å². The van der Waals surface area contributed by atoms with E-state index >= 15 is 0 Å². The molecule has 4 nitrogen and oxygen atoms in total. The Balaban J connectivity index is 2.27. The SMILES string of the molecule is Cc1ccc(Br)c(NCc2c(Cl)cccc2[N+](=O)[O-])c1. The van der Waals surface area contributed by atoms with Gasteiger partial charge in [-0.05, 0) is 46.6 Å². The first-order chi connectivity index (χ1) is 9.49. The molecular weight excluding hydrogens is 344 g/mol. The maximum absolute atomic E-state index is 11.0. The number of aryl methyl sites for hydroxylation is 1. The summed E-state index contributed by atoms with van der Waals surface area (Å²) < 4.78 is 0.901. The van der Waals surface area contributed by atoms with Gasteiger partial charge in [-0.3, -0.25) is 10.1 Å². The van der Waals surface area contributed by atoms with Crippen LogP contribution < -0.4 is 5.32 Å². The van der Waals surface area contributed by atoms with Crippen LogP contribution in [-0.2, 0) is 6.54 Å². The van der Waals surface area contributed by atoms with E-state index in [-0.39, 0.29) is 12.2 Å². The fraction of sp³-hybridized carbons (Fsp3) is 0.143. The first-order valence-corrected chi connectivity index (χ1v) is 7.08. The number of nitrogens with one attached hydrogen (secondary N) is 1. The monoisotopic (exact) mass is 354 g/mol. The first-order valence-electron chi connectivity index (χ1n) is 5.91. The number of nitrogens with zero attached hydrogens (tertiary/aromatic N) is 1. The van der Waals surface area contributed by atoms with E-state index in [0.29, 0.717) is 10.6 Å². The number of nitro benzene ring substituents is 1. The molecule has 0 aliphatic carbocycles. The molecule has 1 N–H and O–H groups in total. The highest BCUT2D eigenvalue weighted by Gasteiger charge is 2.16. The van der Waals surface area contributed by atoms with Crippen LogP contribution in [0.15, 0.2) is 40.9 Å². The Bertz CT molecular complexity index is 662. The molecule has 2 aromatic rings. The molecule has 20 heavy (non-hydrogen) atoms. The number of hydrogen-bond donors (Lipinski definition) is 1. The third kappa shape index (κ3) is 3.29. The predicted octanol–water partition coefficient (Wildman–Crippen LogP) is 4.93. The smallest absolute Gasteiger partial charge is 0.275 e. The van der Waals surface area contributed by atoms with Gasteiger partial charge in [0.2, 0.25) is 0 Å². The largest absolute Gasteiger partial charge is 0.380 e. The fourth-order valence-electron chi connectivity index (χ4n) is 1.85. The minimum Gasteiger partial charge on any atom is -0.380 e. The van der Waals surface area contributed by atoms with Crippen molar-refractivity contribution in [3.63, 3.8) is 0 Å².